The summed E-state index contributed by atoms with van der Waals surface area (Å²) in [6.45, 7) is 5.67. The molecule has 168 valence electrons. The third-order valence-corrected chi connectivity index (χ3v) is 5.70. The summed E-state index contributed by atoms with van der Waals surface area (Å²) in [4.78, 5) is 31.6. The van der Waals surface area contributed by atoms with Gasteiger partial charge < -0.3 is 19.5 Å². The first-order chi connectivity index (χ1) is 15.5. The van der Waals surface area contributed by atoms with Gasteiger partial charge in [-0.3, -0.25) is 14.6 Å². The Labute approximate surface area is 187 Å². The van der Waals surface area contributed by atoms with E-state index in [2.05, 4.69) is 18.8 Å². The van der Waals surface area contributed by atoms with Crippen molar-refractivity contribution in [3.8, 4) is 5.75 Å². The van der Waals surface area contributed by atoms with Crippen LogP contribution in [0.4, 0.5) is 0 Å². The van der Waals surface area contributed by atoms with Crippen LogP contribution in [0.5, 0.6) is 5.75 Å². The second-order valence-corrected chi connectivity index (χ2v) is 8.60. The molecule has 2 aliphatic rings. The van der Waals surface area contributed by atoms with Crippen molar-refractivity contribution >= 4 is 17.4 Å². The molecule has 1 aromatic heterocycles. The molecule has 7 nitrogen and oxygen atoms in total. The molecule has 1 amide bonds. The lowest BCUT2D eigenvalue weighted by atomic mass is 9.96. The van der Waals surface area contributed by atoms with E-state index in [-0.39, 0.29) is 17.4 Å². The number of rotatable bonds is 7. The molecule has 0 bridgehead atoms. The molecule has 2 aromatic rings. The fraction of sp³-hybridized carbons (Fsp3) is 0.400. The Morgan fingerprint density at radius 3 is 2.53 bits per heavy atom. The summed E-state index contributed by atoms with van der Waals surface area (Å²) in [5.41, 5.74) is 1.25. The average Bonchev–Trinajstić information content (AvgIpc) is 3.40. The number of pyridine rings is 1. The van der Waals surface area contributed by atoms with Crippen LogP contribution in [0.3, 0.4) is 0 Å². The number of aromatic nitrogens is 1. The highest BCUT2D eigenvalue weighted by molar-refractivity contribution is 6.46. The molecular weight excluding hydrogens is 408 g/mol. The number of ether oxygens (including phenoxy) is 2. The molecule has 1 aromatic carbocycles. The molecule has 1 N–H and O–H groups in total. The van der Waals surface area contributed by atoms with Crippen LogP contribution >= 0.6 is 0 Å². The van der Waals surface area contributed by atoms with E-state index in [1.807, 2.05) is 0 Å². The minimum atomic E-state index is -0.695. The highest BCUT2D eigenvalue weighted by Crippen LogP contribution is 2.40. The summed E-state index contributed by atoms with van der Waals surface area (Å²) in [6, 6.07) is 9.72. The van der Waals surface area contributed by atoms with E-state index in [4.69, 9.17) is 9.47 Å². The molecule has 0 spiro atoms. The van der Waals surface area contributed by atoms with Crippen LogP contribution in [0.2, 0.25) is 0 Å². The predicted molar refractivity (Wildman–Crippen MR) is 119 cm³/mol. The van der Waals surface area contributed by atoms with Gasteiger partial charge in [-0.2, -0.15) is 0 Å². The number of aliphatic hydroxyl groups is 1. The van der Waals surface area contributed by atoms with Gasteiger partial charge in [0.15, 0.2) is 0 Å². The topological polar surface area (TPSA) is 89.0 Å². The Balaban J connectivity index is 1.70. The molecule has 0 saturated carbocycles. The third-order valence-electron chi connectivity index (χ3n) is 5.70. The van der Waals surface area contributed by atoms with Crippen molar-refractivity contribution in [1.29, 1.82) is 0 Å². The molecular formula is C25H28N2O5. The predicted octanol–water partition coefficient (Wildman–Crippen LogP) is 3.72. The van der Waals surface area contributed by atoms with Crippen LogP contribution < -0.4 is 4.74 Å². The number of aliphatic hydroxyl groups excluding tert-OH is 1. The lowest BCUT2D eigenvalue weighted by Crippen LogP contribution is -2.36. The zero-order valence-electron chi connectivity index (χ0n) is 18.4. The van der Waals surface area contributed by atoms with Crippen molar-refractivity contribution in [2.75, 3.05) is 19.8 Å². The van der Waals surface area contributed by atoms with Gasteiger partial charge in [0, 0.05) is 31.1 Å². The Hall–Kier alpha value is -3.19. The van der Waals surface area contributed by atoms with Gasteiger partial charge in [0.05, 0.1) is 24.3 Å². The summed E-state index contributed by atoms with van der Waals surface area (Å²) >= 11 is 0. The maximum atomic E-state index is 13.0. The molecule has 7 heteroatoms. The molecule has 4 rings (SSSR count). The maximum Gasteiger partial charge on any atom is 0.295 e. The van der Waals surface area contributed by atoms with Crippen LogP contribution in [0.1, 0.15) is 43.9 Å². The summed E-state index contributed by atoms with van der Waals surface area (Å²) in [5.74, 6) is -0.443. The number of carbonyl (C=O) groups excluding carboxylic acids is 2. The van der Waals surface area contributed by atoms with Crippen molar-refractivity contribution in [3.63, 3.8) is 0 Å². The van der Waals surface area contributed by atoms with Crippen LogP contribution in [0, 0.1) is 5.92 Å². The number of amides is 1. The van der Waals surface area contributed by atoms with Crippen molar-refractivity contribution in [2.45, 2.75) is 38.8 Å². The molecule has 0 radical (unpaired) electrons. The smallest absolute Gasteiger partial charge is 0.295 e. The summed E-state index contributed by atoms with van der Waals surface area (Å²) in [5, 5.41) is 11.1. The van der Waals surface area contributed by atoms with E-state index in [0.29, 0.717) is 37.0 Å². The summed E-state index contributed by atoms with van der Waals surface area (Å²) in [7, 11) is 0. The number of ketones is 1. The number of benzene rings is 1. The van der Waals surface area contributed by atoms with Gasteiger partial charge in [-0.15, -0.1) is 0 Å². The normalized spacial score (nSPS) is 22.7. The summed E-state index contributed by atoms with van der Waals surface area (Å²) < 4.78 is 11.4. The van der Waals surface area contributed by atoms with Gasteiger partial charge in [0.25, 0.3) is 11.7 Å². The van der Waals surface area contributed by atoms with Crippen LogP contribution in [0.15, 0.2) is 54.4 Å². The van der Waals surface area contributed by atoms with Crippen LogP contribution in [0.25, 0.3) is 5.76 Å². The maximum absolute atomic E-state index is 13.0. The second kappa shape index (κ2) is 9.53. The fourth-order valence-corrected chi connectivity index (χ4v) is 4.10. The number of Topliss-reactive ketones (excluding diaryl/α,β-unsaturated/α-hetero) is 1. The monoisotopic (exact) mass is 436 g/mol. The van der Waals surface area contributed by atoms with E-state index in [0.717, 1.165) is 18.4 Å². The van der Waals surface area contributed by atoms with E-state index >= 15 is 0 Å². The van der Waals surface area contributed by atoms with Gasteiger partial charge in [-0.25, -0.2) is 0 Å². The van der Waals surface area contributed by atoms with Gasteiger partial charge in [-0.1, -0.05) is 13.8 Å². The quantitative estimate of drug-likeness (QED) is 0.404. The molecule has 2 fully saturated rings. The number of hydrogen-bond donors (Lipinski definition) is 1. The zero-order valence-corrected chi connectivity index (χ0v) is 18.4. The van der Waals surface area contributed by atoms with Crippen LogP contribution in [-0.4, -0.2) is 52.5 Å². The molecule has 32 heavy (non-hydrogen) atoms. The Bertz CT molecular complexity index is 995. The first-order valence-electron chi connectivity index (χ1n) is 11.0. The summed E-state index contributed by atoms with van der Waals surface area (Å²) in [6.07, 6.45) is 4.88. The zero-order chi connectivity index (χ0) is 22.7. The SMILES string of the molecule is CC(C)COc1ccc(/C(O)=C2/C(=O)C(=O)N(CC3CCCO3)C2c2ccncc2)cc1. The Morgan fingerprint density at radius 2 is 1.91 bits per heavy atom. The van der Waals surface area contributed by atoms with Crippen molar-refractivity contribution in [3.05, 3.63) is 65.5 Å². The first kappa shape index (κ1) is 22.0. The minimum absolute atomic E-state index is 0.0787. The van der Waals surface area contributed by atoms with Gasteiger partial charge in [0.1, 0.15) is 11.5 Å². The highest BCUT2D eigenvalue weighted by atomic mass is 16.5. The van der Waals surface area contributed by atoms with Gasteiger partial charge >= 0.3 is 0 Å². The largest absolute Gasteiger partial charge is 0.507 e. The standard InChI is InChI=1S/C25H28N2O5/c1-16(2)15-32-19-7-5-18(6-8-19)23(28)21-22(17-9-11-26-12-10-17)27(25(30)24(21)29)14-20-4-3-13-31-20/h5-12,16,20,22,28H,3-4,13-15H2,1-2H3/b23-21-. The molecule has 2 unspecified atom stereocenters. The minimum Gasteiger partial charge on any atom is -0.507 e. The Kier molecular flexibility index (Phi) is 6.55. The molecule has 3 heterocycles. The highest BCUT2D eigenvalue weighted by Gasteiger charge is 2.47. The molecule has 2 saturated heterocycles. The molecule has 2 atom stereocenters. The number of nitrogens with zero attached hydrogens (tertiary/aromatic N) is 2. The van der Waals surface area contributed by atoms with E-state index < -0.39 is 17.7 Å². The number of hydrogen-bond acceptors (Lipinski definition) is 6. The number of likely N-dealkylation sites (tertiary alicyclic amines) is 1. The lowest BCUT2D eigenvalue weighted by Gasteiger charge is -2.27. The van der Waals surface area contributed by atoms with Crippen LogP contribution in [-0.2, 0) is 14.3 Å². The van der Waals surface area contributed by atoms with Gasteiger partial charge in [-0.05, 0) is 60.7 Å². The van der Waals surface area contributed by atoms with E-state index in [1.165, 1.54) is 4.90 Å². The molecule has 2 aliphatic heterocycles. The Morgan fingerprint density at radius 1 is 1.19 bits per heavy atom. The first-order valence-corrected chi connectivity index (χ1v) is 11.0. The van der Waals surface area contributed by atoms with E-state index in [1.54, 1.807) is 48.8 Å². The second-order valence-electron chi connectivity index (χ2n) is 8.60. The lowest BCUT2D eigenvalue weighted by molar-refractivity contribution is -0.140. The van der Waals surface area contributed by atoms with Crippen molar-refractivity contribution in [1.82, 2.24) is 9.88 Å². The third kappa shape index (κ3) is 4.53. The average molecular weight is 437 g/mol. The van der Waals surface area contributed by atoms with Crippen molar-refractivity contribution in [2.24, 2.45) is 5.92 Å². The fourth-order valence-electron chi connectivity index (χ4n) is 4.10. The number of carbonyl (C=O) groups is 2. The van der Waals surface area contributed by atoms with Crippen molar-refractivity contribution < 1.29 is 24.2 Å². The molecule has 0 aliphatic carbocycles. The van der Waals surface area contributed by atoms with E-state index in [9.17, 15) is 14.7 Å². The van der Waals surface area contributed by atoms with Gasteiger partial charge in [0.2, 0.25) is 0 Å².